The zero-order chi connectivity index (χ0) is 14.0. The number of alkyl halides is 3. The van der Waals surface area contributed by atoms with E-state index in [9.17, 15) is 13.2 Å². The standard InChI is InChI=1S/C13H16ClF3N2.2ClH/c1-9(19-7-5-18-6-8-19)10-3-2-4-11(12(10)14)13(15,16)17;;/h2-4,9,18H,5-8H2,1H3;2*1H/t9-;;/m1../s1. The van der Waals surface area contributed by atoms with Crippen LogP contribution < -0.4 is 5.32 Å². The highest BCUT2D eigenvalue weighted by atomic mass is 35.5. The van der Waals surface area contributed by atoms with Crippen LogP contribution in [0.4, 0.5) is 13.2 Å². The summed E-state index contributed by atoms with van der Waals surface area (Å²) < 4.78 is 38.5. The van der Waals surface area contributed by atoms with Crippen LogP contribution in [0, 0.1) is 0 Å². The number of hydrogen-bond donors (Lipinski definition) is 1. The van der Waals surface area contributed by atoms with Gasteiger partial charge in [-0.2, -0.15) is 13.2 Å². The molecule has 1 saturated heterocycles. The molecule has 0 saturated carbocycles. The lowest BCUT2D eigenvalue weighted by molar-refractivity contribution is -0.137. The second kappa shape index (κ2) is 8.44. The van der Waals surface area contributed by atoms with E-state index >= 15 is 0 Å². The number of nitrogens with zero attached hydrogens (tertiary/aromatic N) is 1. The van der Waals surface area contributed by atoms with Gasteiger partial charge < -0.3 is 5.32 Å². The molecule has 1 aromatic carbocycles. The molecule has 0 radical (unpaired) electrons. The Morgan fingerprint density at radius 1 is 1.19 bits per heavy atom. The first kappa shape index (κ1) is 20.8. The average Bonchev–Trinajstić information content (AvgIpc) is 2.38. The van der Waals surface area contributed by atoms with E-state index in [1.54, 1.807) is 6.07 Å². The van der Waals surface area contributed by atoms with E-state index in [1.165, 1.54) is 6.07 Å². The van der Waals surface area contributed by atoms with E-state index < -0.39 is 11.7 Å². The van der Waals surface area contributed by atoms with Crippen molar-refractivity contribution in [3.8, 4) is 0 Å². The van der Waals surface area contributed by atoms with Gasteiger partial charge in [0.15, 0.2) is 0 Å². The fourth-order valence-corrected chi connectivity index (χ4v) is 2.75. The summed E-state index contributed by atoms with van der Waals surface area (Å²) in [5.41, 5.74) is -0.216. The Kier molecular flexibility index (Phi) is 8.36. The number of halogens is 6. The summed E-state index contributed by atoms with van der Waals surface area (Å²) in [6.45, 7) is 5.22. The van der Waals surface area contributed by atoms with Gasteiger partial charge >= 0.3 is 6.18 Å². The molecule has 0 bridgehead atoms. The van der Waals surface area contributed by atoms with Crippen LogP contribution in [0.2, 0.25) is 5.02 Å². The second-order valence-electron chi connectivity index (χ2n) is 4.67. The monoisotopic (exact) mass is 364 g/mol. The third kappa shape index (κ3) is 4.89. The quantitative estimate of drug-likeness (QED) is 0.846. The Balaban J connectivity index is 0.00000200. The molecule has 8 heteroatoms. The summed E-state index contributed by atoms with van der Waals surface area (Å²) >= 11 is 5.95. The summed E-state index contributed by atoms with van der Waals surface area (Å²) in [5.74, 6) is 0. The van der Waals surface area contributed by atoms with Gasteiger partial charge in [-0.1, -0.05) is 23.7 Å². The summed E-state index contributed by atoms with van der Waals surface area (Å²) in [4.78, 5) is 2.14. The van der Waals surface area contributed by atoms with E-state index in [-0.39, 0.29) is 35.9 Å². The molecule has 1 aromatic rings. The normalized spacial score (nSPS) is 17.6. The number of piperazine rings is 1. The maximum Gasteiger partial charge on any atom is 0.417 e. The summed E-state index contributed by atoms with van der Waals surface area (Å²) in [7, 11) is 0. The van der Waals surface area contributed by atoms with Gasteiger partial charge in [0, 0.05) is 32.2 Å². The lowest BCUT2D eigenvalue weighted by Gasteiger charge is -2.33. The summed E-state index contributed by atoms with van der Waals surface area (Å²) in [6, 6.07) is 4.00. The first-order valence-electron chi connectivity index (χ1n) is 6.21. The van der Waals surface area contributed by atoms with Crippen LogP contribution in [0.1, 0.15) is 24.1 Å². The van der Waals surface area contributed by atoms with Crippen molar-refractivity contribution in [2.45, 2.75) is 19.1 Å². The van der Waals surface area contributed by atoms with E-state index in [0.29, 0.717) is 5.56 Å². The maximum absolute atomic E-state index is 12.8. The van der Waals surface area contributed by atoms with Gasteiger partial charge in [0.25, 0.3) is 0 Å². The SMILES string of the molecule is C[C@H](c1cccc(C(F)(F)F)c1Cl)N1CCNCC1.Cl.Cl. The Labute approximate surface area is 139 Å². The predicted molar refractivity (Wildman–Crippen MR) is 83.8 cm³/mol. The Morgan fingerprint density at radius 3 is 2.29 bits per heavy atom. The topological polar surface area (TPSA) is 15.3 Å². The highest BCUT2D eigenvalue weighted by Crippen LogP contribution is 2.39. The van der Waals surface area contributed by atoms with Crippen molar-refractivity contribution >= 4 is 36.4 Å². The zero-order valence-electron chi connectivity index (χ0n) is 11.4. The van der Waals surface area contributed by atoms with Crippen LogP contribution >= 0.6 is 36.4 Å². The van der Waals surface area contributed by atoms with Crippen LogP contribution in [-0.4, -0.2) is 31.1 Å². The van der Waals surface area contributed by atoms with Crippen LogP contribution in [0.5, 0.6) is 0 Å². The molecular formula is C13H18Cl3F3N2. The third-order valence-corrected chi connectivity index (χ3v) is 3.91. The number of nitrogens with one attached hydrogen (secondary N) is 1. The Hall–Kier alpha value is -0.200. The lowest BCUT2D eigenvalue weighted by Crippen LogP contribution is -2.44. The number of rotatable bonds is 2. The first-order chi connectivity index (χ1) is 8.91. The van der Waals surface area contributed by atoms with Crippen LogP contribution in [0.3, 0.4) is 0 Å². The van der Waals surface area contributed by atoms with Gasteiger partial charge in [-0.05, 0) is 18.6 Å². The molecule has 1 fully saturated rings. The fraction of sp³-hybridized carbons (Fsp3) is 0.538. The highest BCUT2D eigenvalue weighted by Gasteiger charge is 2.34. The Bertz CT molecular complexity index is 449. The van der Waals surface area contributed by atoms with Gasteiger partial charge in [0.1, 0.15) is 0 Å². The van der Waals surface area contributed by atoms with Crippen molar-refractivity contribution in [3.63, 3.8) is 0 Å². The molecule has 1 N–H and O–H groups in total. The molecular weight excluding hydrogens is 348 g/mol. The van der Waals surface area contributed by atoms with Gasteiger partial charge in [0.05, 0.1) is 10.6 Å². The van der Waals surface area contributed by atoms with Crippen LogP contribution in [-0.2, 0) is 6.18 Å². The molecule has 1 aliphatic rings. The molecule has 1 atom stereocenters. The first-order valence-corrected chi connectivity index (χ1v) is 6.59. The van der Waals surface area contributed by atoms with Crippen molar-refractivity contribution in [1.82, 2.24) is 10.2 Å². The molecule has 21 heavy (non-hydrogen) atoms. The van der Waals surface area contributed by atoms with Gasteiger partial charge in [0.2, 0.25) is 0 Å². The maximum atomic E-state index is 12.8. The van der Waals surface area contributed by atoms with Crippen molar-refractivity contribution < 1.29 is 13.2 Å². The molecule has 0 amide bonds. The fourth-order valence-electron chi connectivity index (χ4n) is 2.36. The number of benzene rings is 1. The van der Waals surface area contributed by atoms with Crippen LogP contribution in [0.15, 0.2) is 18.2 Å². The van der Waals surface area contributed by atoms with E-state index in [0.717, 1.165) is 32.2 Å². The second-order valence-corrected chi connectivity index (χ2v) is 5.05. The average molecular weight is 366 g/mol. The van der Waals surface area contributed by atoms with Crippen molar-refractivity contribution in [1.29, 1.82) is 0 Å². The van der Waals surface area contributed by atoms with Gasteiger partial charge in [-0.15, -0.1) is 24.8 Å². The molecule has 1 heterocycles. The molecule has 0 aliphatic carbocycles. The van der Waals surface area contributed by atoms with Crippen LogP contribution in [0.25, 0.3) is 0 Å². The molecule has 0 unspecified atom stereocenters. The minimum atomic E-state index is -4.41. The molecule has 2 nitrogen and oxygen atoms in total. The van der Waals surface area contributed by atoms with Gasteiger partial charge in [-0.25, -0.2) is 0 Å². The Morgan fingerprint density at radius 2 is 1.76 bits per heavy atom. The van der Waals surface area contributed by atoms with Crippen molar-refractivity contribution in [3.05, 3.63) is 34.3 Å². The summed E-state index contributed by atoms with van der Waals surface area (Å²) in [6.07, 6.45) is -4.41. The van der Waals surface area contributed by atoms with E-state index in [2.05, 4.69) is 10.2 Å². The minimum Gasteiger partial charge on any atom is -0.314 e. The molecule has 0 aromatic heterocycles. The number of hydrogen-bond acceptors (Lipinski definition) is 2. The van der Waals surface area contributed by atoms with E-state index in [1.807, 2.05) is 6.92 Å². The summed E-state index contributed by atoms with van der Waals surface area (Å²) in [5, 5.41) is 3.04. The third-order valence-electron chi connectivity index (χ3n) is 3.48. The molecule has 2 rings (SSSR count). The predicted octanol–water partition coefficient (Wildman–Crippen LogP) is 4.17. The molecule has 122 valence electrons. The molecule has 1 aliphatic heterocycles. The lowest BCUT2D eigenvalue weighted by atomic mass is 10.0. The minimum absolute atomic E-state index is 0. The smallest absolute Gasteiger partial charge is 0.314 e. The van der Waals surface area contributed by atoms with Crippen molar-refractivity contribution in [2.24, 2.45) is 0 Å². The largest absolute Gasteiger partial charge is 0.417 e. The van der Waals surface area contributed by atoms with Crippen molar-refractivity contribution in [2.75, 3.05) is 26.2 Å². The zero-order valence-corrected chi connectivity index (χ0v) is 13.8. The molecule has 0 spiro atoms. The highest BCUT2D eigenvalue weighted by molar-refractivity contribution is 6.32. The van der Waals surface area contributed by atoms with E-state index in [4.69, 9.17) is 11.6 Å². The van der Waals surface area contributed by atoms with Gasteiger partial charge in [-0.3, -0.25) is 4.90 Å².